The van der Waals surface area contributed by atoms with Crippen molar-refractivity contribution in [3.05, 3.63) is 0 Å². The Balaban J connectivity index is 2.45. The highest BCUT2D eigenvalue weighted by molar-refractivity contribution is 7.98. The summed E-state index contributed by atoms with van der Waals surface area (Å²) in [6.07, 6.45) is 3.72. The number of likely N-dealkylation sites (tertiary alicyclic amines) is 1. The van der Waals surface area contributed by atoms with Crippen LogP contribution in [0.25, 0.3) is 0 Å². The van der Waals surface area contributed by atoms with Gasteiger partial charge in [-0.1, -0.05) is 0 Å². The number of hydrogen-bond acceptors (Lipinski definition) is 3. The topological polar surface area (TPSA) is 57.6 Å². The van der Waals surface area contributed by atoms with Crippen LogP contribution in [-0.2, 0) is 9.59 Å². The summed E-state index contributed by atoms with van der Waals surface area (Å²) in [4.78, 5) is 23.6. The van der Waals surface area contributed by atoms with Crippen LogP contribution in [0, 0.1) is 0 Å². The first-order valence-electron chi connectivity index (χ1n) is 4.68. The van der Waals surface area contributed by atoms with Crippen molar-refractivity contribution in [2.75, 3.05) is 18.6 Å². The molecular formula is C9H15NO3S. The molecule has 0 saturated carbocycles. The molecule has 1 heterocycles. The van der Waals surface area contributed by atoms with Gasteiger partial charge in [0.1, 0.15) is 6.04 Å². The maximum Gasteiger partial charge on any atom is 0.326 e. The van der Waals surface area contributed by atoms with E-state index in [1.165, 1.54) is 4.90 Å². The molecule has 1 N–H and O–H groups in total. The van der Waals surface area contributed by atoms with Crippen LogP contribution in [0.5, 0.6) is 0 Å². The minimum atomic E-state index is -0.875. The number of carbonyl (C=O) groups excluding carboxylic acids is 1. The Hall–Kier alpha value is -0.710. The molecule has 1 aliphatic rings. The summed E-state index contributed by atoms with van der Waals surface area (Å²) in [7, 11) is 0. The molecule has 0 aromatic carbocycles. The van der Waals surface area contributed by atoms with Gasteiger partial charge in [0.15, 0.2) is 0 Å². The van der Waals surface area contributed by atoms with Gasteiger partial charge in [-0.15, -0.1) is 0 Å². The second kappa shape index (κ2) is 5.24. The van der Waals surface area contributed by atoms with Crippen LogP contribution in [0.3, 0.4) is 0 Å². The zero-order valence-corrected chi connectivity index (χ0v) is 9.05. The maximum absolute atomic E-state index is 11.3. The highest BCUT2D eigenvalue weighted by Gasteiger charge is 2.35. The van der Waals surface area contributed by atoms with E-state index in [2.05, 4.69) is 0 Å². The molecule has 1 atom stereocenters. The van der Waals surface area contributed by atoms with Crippen LogP contribution in [0.1, 0.15) is 19.3 Å². The Labute approximate surface area is 87.7 Å². The third kappa shape index (κ3) is 2.64. The summed E-state index contributed by atoms with van der Waals surface area (Å²) in [6.45, 7) is 0.580. The molecule has 1 saturated heterocycles. The Morgan fingerprint density at radius 2 is 2.43 bits per heavy atom. The van der Waals surface area contributed by atoms with Crippen LogP contribution in [0.2, 0.25) is 0 Å². The van der Waals surface area contributed by atoms with Crippen LogP contribution in [0.4, 0.5) is 0 Å². The Kier molecular flexibility index (Phi) is 4.25. The van der Waals surface area contributed by atoms with Gasteiger partial charge in [0.25, 0.3) is 0 Å². The Bertz CT molecular complexity index is 232. The summed E-state index contributed by atoms with van der Waals surface area (Å²) < 4.78 is 0. The van der Waals surface area contributed by atoms with Crippen molar-refractivity contribution in [3.63, 3.8) is 0 Å². The molecule has 0 aromatic heterocycles. The molecule has 0 bridgehead atoms. The number of carbonyl (C=O) groups is 2. The molecule has 1 unspecified atom stereocenters. The fourth-order valence-corrected chi connectivity index (χ4v) is 2.07. The van der Waals surface area contributed by atoms with Crippen LogP contribution >= 0.6 is 11.8 Å². The van der Waals surface area contributed by atoms with Crippen molar-refractivity contribution >= 4 is 23.6 Å². The SMILES string of the molecule is CSCCCN1C(=O)CCC1C(=O)O. The number of carboxylic acids is 1. The van der Waals surface area contributed by atoms with Crippen molar-refractivity contribution in [2.45, 2.75) is 25.3 Å². The van der Waals surface area contributed by atoms with Crippen molar-refractivity contribution in [1.82, 2.24) is 4.90 Å². The smallest absolute Gasteiger partial charge is 0.326 e. The van der Waals surface area contributed by atoms with Gasteiger partial charge in [0.05, 0.1) is 0 Å². The average Bonchev–Trinajstić information content (AvgIpc) is 2.48. The summed E-state index contributed by atoms with van der Waals surface area (Å²) in [5, 5.41) is 8.86. The Morgan fingerprint density at radius 1 is 1.71 bits per heavy atom. The maximum atomic E-state index is 11.3. The molecule has 0 aromatic rings. The van der Waals surface area contributed by atoms with Crippen molar-refractivity contribution in [2.24, 2.45) is 0 Å². The number of thioether (sulfide) groups is 1. The third-order valence-electron chi connectivity index (χ3n) is 2.36. The molecule has 1 amide bonds. The second-order valence-corrected chi connectivity index (χ2v) is 4.31. The fraction of sp³-hybridized carbons (Fsp3) is 0.778. The lowest BCUT2D eigenvalue weighted by atomic mass is 10.2. The quantitative estimate of drug-likeness (QED) is 0.692. The standard InChI is InChI=1S/C9H15NO3S/c1-14-6-2-5-10-7(9(12)13)3-4-8(10)11/h7H,2-6H2,1H3,(H,12,13). The van der Waals surface area contributed by atoms with E-state index in [4.69, 9.17) is 5.11 Å². The van der Waals surface area contributed by atoms with E-state index in [0.717, 1.165) is 12.2 Å². The normalized spacial score (nSPS) is 21.6. The lowest BCUT2D eigenvalue weighted by molar-refractivity contribution is -0.146. The van der Waals surface area contributed by atoms with Crippen molar-refractivity contribution in [3.8, 4) is 0 Å². The highest BCUT2D eigenvalue weighted by Crippen LogP contribution is 2.19. The highest BCUT2D eigenvalue weighted by atomic mass is 32.2. The zero-order valence-electron chi connectivity index (χ0n) is 8.23. The summed E-state index contributed by atoms with van der Waals surface area (Å²) in [5.74, 6) is 0.0781. The van der Waals surface area contributed by atoms with Gasteiger partial charge in [0.2, 0.25) is 5.91 Å². The molecule has 1 rings (SSSR count). The van der Waals surface area contributed by atoms with Gasteiger partial charge >= 0.3 is 5.97 Å². The molecule has 5 heteroatoms. The second-order valence-electron chi connectivity index (χ2n) is 3.33. The first-order chi connectivity index (χ1) is 6.66. The molecule has 80 valence electrons. The summed E-state index contributed by atoms with van der Waals surface area (Å²) in [6, 6.07) is -0.579. The molecule has 0 spiro atoms. The average molecular weight is 217 g/mol. The van der Waals surface area contributed by atoms with Gasteiger partial charge in [-0.05, 0) is 24.9 Å². The van der Waals surface area contributed by atoms with Crippen LogP contribution in [-0.4, -0.2) is 46.5 Å². The predicted molar refractivity (Wildman–Crippen MR) is 55.4 cm³/mol. The van der Waals surface area contributed by atoms with Gasteiger partial charge in [-0.3, -0.25) is 4.79 Å². The third-order valence-corrected chi connectivity index (χ3v) is 3.06. The van der Waals surface area contributed by atoms with Gasteiger partial charge in [0, 0.05) is 13.0 Å². The minimum Gasteiger partial charge on any atom is -0.480 e. The molecule has 1 aliphatic heterocycles. The largest absolute Gasteiger partial charge is 0.480 e. The monoisotopic (exact) mass is 217 g/mol. The van der Waals surface area contributed by atoms with E-state index in [9.17, 15) is 9.59 Å². The fourth-order valence-electron chi connectivity index (χ4n) is 1.65. The molecule has 0 aliphatic carbocycles. The Morgan fingerprint density at radius 3 is 3.00 bits per heavy atom. The number of aliphatic carboxylic acids is 1. The lowest BCUT2D eigenvalue weighted by Gasteiger charge is -2.21. The van der Waals surface area contributed by atoms with E-state index in [1.807, 2.05) is 6.26 Å². The van der Waals surface area contributed by atoms with Gasteiger partial charge < -0.3 is 10.0 Å². The number of amides is 1. The molecule has 1 fully saturated rings. The number of rotatable bonds is 5. The van der Waals surface area contributed by atoms with E-state index < -0.39 is 12.0 Å². The lowest BCUT2D eigenvalue weighted by Crippen LogP contribution is -2.39. The van der Waals surface area contributed by atoms with Crippen molar-refractivity contribution in [1.29, 1.82) is 0 Å². The van der Waals surface area contributed by atoms with Gasteiger partial charge in [-0.2, -0.15) is 11.8 Å². The van der Waals surface area contributed by atoms with E-state index in [-0.39, 0.29) is 5.91 Å². The summed E-state index contributed by atoms with van der Waals surface area (Å²) in [5.41, 5.74) is 0. The number of hydrogen-bond donors (Lipinski definition) is 1. The number of carboxylic acid groups (broad SMARTS) is 1. The van der Waals surface area contributed by atoms with Crippen molar-refractivity contribution < 1.29 is 14.7 Å². The molecular weight excluding hydrogens is 202 g/mol. The first-order valence-corrected chi connectivity index (χ1v) is 6.07. The summed E-state index contributed by atoms with van der Waals surface area (Å²) >= 11 is 1.71. The van der Waals surface area contributed by atoms with Crippen LogP contribution < -0.4 is 0 Å². The first kappa shape index (κ1) is 11.4. The minimum absolute atomic E-state index is 0.0153. The van der Waals surface area contributed by atoms with E-state index in [0.29, 0.717) is 19.4 Å². The number of nitrogens with zero attached hydrogens (tertiary/aromatic N) is 1. The van der Waals surface area contributed by atoms with Crippen LogP contribution in [0.15, 0.2) is 0 Å². The molecule has 14 heavy (non-hydrogen) atoms. The van der Waals surface area contributed by atoms with E-state index in [1.54, 1.807) is 11.8 Å². The van der Waals surface area contributed by atoms with E-state index >= 15 is 0 Å². The molecule has 4 nitrogen and oxygen atoms in total. The zero-order chi connectivity index (χ0) is 10.6. The van der Waals surface area contributed by atoms with Gasteiger partial charge in [-0.25, -0.2) is 4.79 Å². The molecule has 0 radical (unpaired) electrons. The predicted octanol–water partition coefficient (Wildman–Crippen LogP) is 0.815.